The van der Waals surface area contributed by atoms with Gasteiger partial charge in [-0.3, -0.25) is 14.9 Å². The van der Waals surface area contributed by atoms with Crippen molar-refractivity contribution in [2.45, 2.75) is 19.8 Å². The van der Waals surface area contributed by atoms with E-state index in [1.807, 2.05) is 12.1 Å². The molecule has 1 N–H and O–H groups in total. The van der Waals surface area contributed by atoms with E-state index in [-0.39, 0.29) is 16.6 Å². The number of halogens is 1. The Morgan fingerprint density at radius 1 is 1.20 bits per heavy atom. The largest absolute Gasteiger partial charge is 0.372 e. The predicted octanol–water partition coefficient (Wildman–Crippen LogP) is 4.69. The minimum absolute atomic E-state index is 0.115. The van der Waals surface area contributed by atoms with Crippen LogP contribution in [0.25, 0.3) is 0 Å². The van der Waals surface area contributed by atoms with Crippen molar-refractivity contribution < 1.29 is 9.72 Å². The number of nitro groups is 1. The lowest BCUT2D eigenvalue weighted by atomic mass is 10.0. The minimum atomic E-state index is -0.503. The van der Waals surface area contributed by atoms with E-state index in [1.165, 1.54) is 12.1 Å². The first-order valence-electron chi connectivity index (χ1n) is 7.77. The summed E-state index contributed by atoms with van der Waals surface area (Å²) < 4.78 is 0. The van der Waals surface area contributed by atoms with Gasteiger partial charge in [-0.15, -0.1) is 0 Å². The molecule has 0 saturated carbocycles. The van der Waals surface area contributed by atoms with E-state index in [2.05, 4.69) is 19.2 Å². The summed E-state index contributed by atoms with van der Waals surface area (Å²) in [7, 11) is 3.37. The predicted molar refractivity (Wildman–Crippen MR) is 101 cm³/mol. The average Bonchev–Trinajstić information content (AvgIpc) is 2.55. The third kappa shape index (κ3) is 4.28. The molecular formula is C18H20ClN3O3. The SMILES string of the molecule is CC(C)c1ccc(C(=O)Nc2cc(N(C)C)c([N+](=O)[O-])cc2Cl)cc1. The fraction of sp³-hybridized carbons (Fsp3) is 0.278. The van der Waals surface area contributed by atoms with Crippen molar-refractivity contribution in [3.05, 3.63) is 62.7 Å². The number of hydrogen-bond donors (Lipinski definition) is 1. The zero-order valence-corrected chi connectivity index (χ0v) is 15.3. The third-order valence-corrected chi connectivity index (χ3v) is 4.14. The highest BCUT2D eigenvalue weighted by Gasteiger charge is 2.20. The Balaban J connectivity index is 2.31. The number of carbonyl (C=O) groups excluding carboxylic acids is 1. The summed E-state index contributed by atoms with van der Waals surface area (Å²) >= 11 is 6.11. The number of benzene rings is 2. The molecule has 2 aromatic carbocycles. The lowest BCUT2D eigenvalue weighted by Gasteiger charge is -2.16. The maximum absolute atomic E-state index is 12.4. The van der Waals surface area contributed by atoms with Crippen molar-refractivity contribution >= 4 is 34.6 Å². The zero-order chi connectivity index (χ0) is 18.7. The first-order valence-corrected chi connectivity index (χ1v) is 8.15. The molecule has 0 spiro atoms. The summed E-state index contributed by atoms with van der Waals surface area (Å²) in [6.45, 7) is 4.16. The summed E-state index contributed by atoms with van der Waals surface area (Å²) in [5.41, 5.74) is 2.20. The summed E-state index contributed by atoms with van der Waals surface area (Å²) in [4.78, 5) is 24.7. The molecule has 0 aromatic heterocycles. The molecule has 0 aliphatic carbocycles. The summed E-state index contributed by atoms with van der Waals surface area (Å²) in [6, 6.07) is 10.0. The number of anilines is 2. The number of nitrogens with zero attached hydrogens (tertiary/aromatic N) is 2. The van der Waals surface area contributed by atoms with Crippen LogP contribution in [-0.4, -0.2) is 24.9 Å². The van der Waals surface area contributed by atoms with Crippen LogP contribution in [-0.2, 0) is 0 Å². The first kappa shape index (κ1) is 18.7. The molecule has 0 radical (unpaired) electrons. The van der Waals surface area contributed by atoms with Gasteiger partial charge in [0.1, 0.15) is 5.69 Å². The second-order valence-electron chi connectivity index (χ2n) is 6.20. The molecule has 2 aromatic rings. The molecule has 0 unspecified atom stereocenters. The van der Waals surface area contributed by atoms with Crippen LogP contribution in [0.4, 0.5) is 17.1 Å². The third-order valence-electron chi connectivity index (χ3n) is 3.83. The molecule has 6 nitrogen and oxygen atoms in total. The van der Waals surface area contributed by atoms with Crippen LogP contribution in [0.2, 0.25) is 5.02 Å². The average molecular weight is 362 g/mol. The fourth-order valence-corrected chi connectivity index (χ4v) is 2.57. The molecule has 0 saturated heterocycles. The van der Waals surface area contributed by atoms with Crippen LogP contribution in [0.15, 0.2) is 36.4 Å². The summed E-state index contributed by atoms with van der Waals surface area (Å²) in [5.74, 6) is 0.0552. The Bertz CT molecular complexity index is 802. The van der Waals surface area contributed by atoms with Crippen molar-refractivity contribution in [2.24, 2.45) is 0 Å². The number of nitro benzene ring substituents is 1. The van der Waals surface area contributed by atoms with E-state index < -0.39 is 4.92 Å². The van der Waals surface area contributed by atoms with E-state index >= 15 is 0 Å². The van der Waals surface area contributed by atoms with Crippen molar-refractivity contribution in [3.63, 3.8) is 0 Å². The Morgan fingerprint density at radius 3 is 2.28 bits per heavy atom. The van der Waals surface area contributed by atoms with E-state index in [0.717, 1.165) is 5.56 Å². The van der Waals surface area contributed by atoms with Gasteiger partial charge in [-0.25, -0.2) is 0 Å². The molecule has 0 fully saturated rings. The van der Waals surface area contributed by atoms with Crippen LogP contribution in [0, 0.1) is 10.1 Å². The Hall–Kier alpha value is -2.60. The number of nitrogens with one attached hydrogen (secondary N) is 1. The van der Waals surface area contributed by atoms with Crippen LogP contribution in [0.5, 0.6) is 0 Å². The van der Waals surface area contributed by atoms with Crippen LogP contribution < -0.4 is 10.2 Å². The highest BCUT2D eigenvalue weighted by Crippen LogP contribution is 2.36. The monoisotopic (exact) mass is 361 g/mol. The van der Waals surface area contributed by atoms with Gasteiger partial charge in [0.2, 0.25) is 0 Å². The van der Waals surface area contributed by atoms with Gasteiger partial charge in [0, 0.05) is 25.7 Å². The number of rotatable bonds is 5. The lowest BCUT2D eigenvalue weighted by Crippen LogP contribution is -2.15. The van der Waals surface area contributed by atoms with Crippen molar-refractivity contribution in [1.82, 2.24) is 0 Å². The highest BCUT2D eigenvalue weighted by molar-refractivity contribution is 6.34. The summed E-state index contributed by atoms with van der Waals surface area (Å²) in [6.07, 6.45) is 0. The maximum atomic E-state index is 12.4. The van der Waals surface area contributed by atoms with E-state index in [1.54, 1.807) is 31.1 Å². The van der Waals surface area contributed by atoms with Crippen LogP contribution in [0.1, 0.15) is 35.7 Å². The molecule has 0 bridgehead atoms. The van der Waals surface area contributed by atoms with Gasteiger partial charge in [-0.05, 0) is 29.7 Å². The second kappa shape index (κ2) is 7.53. The normalized spacial score (nSPS) is 10.6. The Morgan fingerprint density at radius 2 is 1.80 bits per heavy atom. The van der Waals surface area contributed by atoms with Gasteiger partial charge in [-0.1, -0.05) is 37.6 Å². The van der Waals surface area contributed by atoms with Crippen molar-refractivity contribution in [1.29, 1.82) is 0 Å². The van der Waals surface area contributed by atoms with Crippen molar-refractivity contribution in [2.75, 3.05) is 24.3 Å². The van der Waals surface area contributed by atoms with Crippen LogP contribution >= 0.6 is 11.6 Å². The van der Waals surface area contributed by atoms with Gasteiger partial charge in [-0.2, -0.15) is 0 Å². The van der Waals surface area contributed by atoms with Crippen molar-refractivity contribution in [3.8, 4) is 0 Å². The Kier molecular flexibility index (Phi) is 5.64. The molecule has 0 aliphatic rings. The first-order chi connectivity index (χ1) is 11.7. The lowest BCUT2D eigenvalue weighted by molar-refractivity contribution is -0.384. The smallest absolute Gasteiger partial charge is 0.294 e. The molecule has 132 valence electrons. The fourth-order valence-electron chi connectivity index (χ4n) is 2.37. The molecule has 0 aliphatic heterocycles. The van der Waals surface area contributed by atoms with Gasteiger partial charge >= 0.3 is 0 Å². The number of amides is 1. The molecule has 2 rings (SSSR count). The molecule has 7 heteroatoms. The van der Waals surface area contributed by atoms with Crippen LogP contribution in [0.3, 0.4) is 0 Å². The van der Waals surface area contributed by atoms with Gasteiger partial charge in [0.05, 0.1) is 15.6 Å². The van der Waals surface area contributed by atoms with Gasteiger partial charge in [0.15, 0.2) is 0 Å². The number of hydrogen-bond acceptors (Lipinski definition) is 4. The number of carbonyl (C=O) groups is 1. The maximum Gasteiger partial charge on any atom is 0.294 e. The quantitative estimate of drug-likeness (QED) is 0.619. The zero-order valence-electron chi connectivity index (χ0n) is 14.5. The highest BCUT2D eigenvalue weighted by atomic mass is 35.5. The molecule has 0 heterocycles. The molecule has 1 amide bonds. The van der Waals surface area contributed by atoms with E-state index in [4.69, 9.17) is 11.6 Å². The van der Waals surface area contributed by atoms with Gasteiger partial charge in [0.25, 0.3) is 11.6 Å². The molecular weight excluding hydrogens is 342 g/mol. The topological polar surface area (TPSA) is 75.5 Å². The van der Waals surface area contributed by atoms with E-state index in [0.29, 0.717) is 22.9 Å². The molecule has 25 heavy (non-hydrogen) atoms. The standard InChI is InChI=1S/C18H20ClN3O3/c1-11(2)12-5-7-13(8-6-12)18(23)20-15-10-16(21(3)4)17(22(24)25)9-14(15)19/h5-11H,1-4H3,(H,20,23). The summed E-state index contributed by atoms with van der Waals surface area (Å²) in [5, 5.41) is 14.0. The second-order valence-corrected chi connectivity index (χ2v) is 6.61. The van der Waals surface area contributed by atoms with Gasteiger partial charge < -0.3 is 10.2 Å². The van der Waals surface area contributed by atoms with E-state index in [9.17, 15) is 14.9 Å². The molecule has 0 atom stereocenters. The Labute approximate surface area is 151 Å². The minimum Gasteiger partial charge on any atom is -0.372 e.